The lowest BCUT2D eigenvalue weighted by molar-refractivity contribution is 0.908. The zero-order valence-corrected chi connectivity index (χ0v) is 9.07. The zero-order valence-electron chi connectivity index (χ0n) is 9.07. The molecule has 0 spiro atoms. The Morgan fingerprint density at radius 1 is 1.56 bits per heavy atom. The first-order chi connectivity index (χ1) is 7.79. The molecule has 5 heteroatoms. The summed E-state index contributed by atoms with van der Waals surface area (Å²) < 4.78 is 0. The highest BCUT2D eigenvalue weighted by Gasteiger charge is 2.26. The molecule has 1 saturated carbocycles. The third kappa shape index (κ3) is 2.93. The molecule has 5 nitrogen and oxygen atoms in total. The van der Waals surface area contributed by atoms with Gasteiger partial charge >= 0.3 is 0 Å². The van der Waals surface area contributed by atoms with Gasteiger partial charge in [0.2, 0.25) is 0 Å². The summed E-state index contributed by atoms with van der Waals surface area (Å²) in [6.07, 6.45) is 6.03. The van der Waals surface area contributed by atoms with Gasteiger partial charge in [-0.15, -0.1) is 0 Å². The van der Waals surface area contributed by atoms with Gasteiger partial charge in [-0.2, -0.15) is 0 Å². The largest absolute Gasteiger partial charge is 0.366 e. The van der Waals surface area contributed by atoms with E-state index in [0.717, 1.165) is 18.7 Å². The standard InChI is InChI=1S/C11H16N4O/c12-5-1-2-6-13-9-7-10(16)15-11(14-9)8-3-4-8/h1-2,7-8H,3-6,12H2,(H2,13,14,15,16)/b2-1+. The molecule has 86 valence electrons. The van der Waals surface area contributed by atoms with Crippen LogP contribution in [0.15, 0.2) is 23.0 Å². The Labute approximate surface area is 93.8 Å². The molecule has 0 amide bonds. The minimum atomic E-state index is -0.0952. The van der Waals surface area contributed by atoms with Gasteiger partial charge in [0.15, 0.2) is 0 Å². The molecule has 1 fully saturated rings. The molecular weight excluding hydrogens is 204 g/mol. The van der Waals surface area contributed by atoms with Crippen LogP contribution in [0.3, 0.4) is 0 Å². The van der Waals surface area contributed by atoms with Crippen LogP contribution in [-0.2, 0) is 0 Å². The number of hydrogen-bond acceptors (Lipinski definition) is 4. The lowest BCUT2D eigenvalue weighted by Gasteiger charge is -2.04. The van der Waals surface area contributed by atoms with Crippen LogP contribution < -0.4 is 16.6 Å². The third-order valence-electron chi connectivity index (χ3n) is 2.43. The molecule has 1 aromatic heterocycles. The van der Waals surface area contributed by atoms with Crippen molar-refractivity contribution < 1.29 is 0 Å². The lowest BCUT2D eigenvalue weighted by Crippen LogP contribution is -2.13. The molecule has 0 aliphatic heterocycles. The monoisotopic (exact) mass is 220 g/mol. The molecule has 1 heterocycles. The SMILES string of the molecule is NC/C=C/CNc1cc(=O)[nH]c(C2CC2)n1. The van der Waals surface area contributed by atoms with Gasteiger partial charge in [0.25, 0.3) is 5.56 Å². The predicted molar refractivity (Wildman–Crippen MR) is 63.5 cm³/mol. The highest BCUT2D eigenvalue weighted by Crippen LogP contribution is 2.37. The van der Waals surface area contributed by atoms with Crippen molar-refractivity contribution in [2.45, 2.75) is 18.8 Å². The summed E-state index contributed by atoms with van der Waals surface area (Å²) in [6.45, 7) is 1.16. The fourth-order valence-electron chi connectivity index (χ4n) is 1.46. The van der Waals surface area contributed by atoms with E-state index in [9.17, 15) is 4.79 Å². The summed E-state index contributed by atoms with van der Waals surface area (Å²) in [7, 11) is 0. The Hall–Kier alpha value is -1.62. The van der Waals surface area contributed by atoms with Gasteiger partial charge in [-0.05, 0) is 12.8 Å². The summed E-state index contributed by atoms with van der Waals surface area (Å²) in [6, 6.07) is 1.47. The summed E-state index contributed by atoms with van der Waals surface area (Å²) in [5.41, 5.74) is 5.22. The van der Waals surface area contributed by atoms with Crippen LogP contribution in [0.5, 0.6) is 0 Å². The van der Waals surface area contributed by atoms with Crippen molar-refractivity contribution in [1.82, 2.24) is 9.97 Å². The van der Waals surface area contributed by atoms with Crippen molar-refractivity contribution >= 4 is 5.82 Å². The fourth-order valence-corrected chi connectivity index (χ4v) is 1.46. The third-order valence-corrected chi connectivity index (χ3v) is 2.43. The highest BCUT2D eigenvalue weighted by atomic mass is 16.1. The average molecular weight is 220 g/mol. The molecule has 1 aliphatic carbocycles. The van der Waals surface area contributed by atoms with Gasteiger partial charge in [0.05, 0.1) is 0 Å². The normalized spacial score (nSPS) is 15.6. The van der Waals surface area contributed by atoms with Gasteiger partial charge in [0, 0.05) is 25.1 Å². The second-order valence-electron chi connectivity index (χ2n) is 3.88. The van der Waals surface area contributed by atoms with Crippen LogP contribution in [-0.4, -0.2) is 23.1 Å². The number of anilines is 1. The summed E-state index contributed by atoms with van der Waals surface area (Å²) in [4.78, 5) is 18.5. The maximum Gasteiger partial charge on any atom is 0.252 e. The van der Waals surface area contributed by atoms with E-state index in [2.05, 4.69) is 15.3 Å². The smallest absolute Gasteiger partial charge is 0.252 e. The quantitative estimate of drug-likeness (QED) is 0.633. The van der Waals surface area contributed by atoms with Crippen LogP contribution >= 0.6 is 0 Å². The van der Waals surface area contributed by atoms with Gasteiger partial charge in [0.1, 0.15) is 11.6 Å². The van der Waals surface area contributed by atoms with E-state index in [0.29, 0.717) is 24.8 Å². The zero-order chi connectivity index (χ0) is 11.4. The topological polar surface area (TPSA) is 83.8 Å². The van der Waals surface area contributed by atoms with Crippen molar-refractivity contribution in [3.05, 3.63) is 34.4 Å². The molecule has 4 N–H and O–H groups in total. The van der Waals surface area contributed by atoms with E-state index < -0.39 is 0 Å². The average Bonchev–Trinajstić information content (AvgIpc) is 3.07. The first-order valence-corrected chi connectivity index (χ1v) is 5.50. The second kappa shape index (κ2) is 4.94. The number of nitrogens with zero attached hydrogens (tertiary/aromatic N) is 1. The minimum Gasteiger partial charge on any atom is -0.366 e. The maximum absolute atomic E-state index is 11.4. The van der Waals surface area contributed by atoms with Crippen LogP contribution in [0, 0.1) is 0 Å². The number of aromatic amines is 1. The first-order valence-electron chi connectivity index (χ1n) is 5.50. The van der Waals surface area contributed by atoms with E-state index in [1.165, 1.54) is 6.07 Å². The first kappa shape index (κ1) is 10.9. The molecule has 0 bridgehead atoms. The fraction of sp³-hybridized carbons (Fsp3) is 0.455. The molecule has 0 radical (unpaired) electrons. The lowest BCUT2D eigenvalue weighted by atomic mass is 10.4. The summed E-state index contributed by atoms with van der Waals surface area (Å²) in [5, 5.41) is 3.07. The molecule has 0 unspecified atom stereocenters. The van der Waals surface area contributed by atoms with Crippen molar-refractivity contribution in [3.8, 4) is 0 Å². The number of rotatable bonds is 5. The Morgan fingerprint density at radius 2 is 2.38 bits per heavy atom. The van der Waals surface area contributed by atoms with Gasteiger partial charge in [-0.3, -0.25) is 4.79 Å². The van der Waals surface area contributed by atoms with E-state index in [1.54, 1.807) is 0 Å². The van der Waals surface area contributed by atoms with E-state index >= 15 is 0 Å². The van der Waals surface area contributed by atoms with E-state index in [-0.39, 0.29) is 5.56 Å². The number of aromatic nitrogens is 2. The van der Waals surface area contributed by atoms with Crippen molar-refractivity contribution in [3.63, 3.8) is 0 Å². The van der Waals surface area contributed by atoms with Gasteiger partial charge in [-0.25, -0.2) is 4.98 Å². The number of H-pyrrole nitrogens is 1. The predicted octanol–water partition coefficient (Wildman–Crippen LogP) is 0.574. The Kier molecular flexibility index (Phi) is 3.36. The van der Waals surface area contributed by atoms with Crippen LogP contribution in [0.25, 0.3) is 0 Å². The Balaban J connectivity index is 2.02. The minimum absolute atomic E-state index is 0.0952. The van der Waals surface area contributed by atoms with Crippen LogP contribution in [0.1, 0.15) is 24.6 Å². The van der Waals surface area contributed by atoms with Crippen molar-refractivity contribution in [1.29, 1.82) is 0 Å². The Bertz CT molecular complexity index is 434. The highest BCUT2D eigenvalue weighted by molar-refractivity contribution is 5.34. The molecular formula is C11H16N4O. The molecule has 16 heavy (non-hydrogen) atoms. The molecule has 0 saturated heterocycles. The molecule has 1 aromatic rings. The number of nitrogens with one attached hydrogen (secondary N) is 2. The van der Waals surface area contributed by atoms with Gasteiger partial charge in [-0.1, -0.05) is 12.2 Å². The molecule has 0 aromatic carbocycles. The van der Waals surface area contributed by atoms with E-state index in [1.807, 2.05) is 12.2 Å². The molecule has 0 atom stereocenters. The maximum atomic E-state index is 11.4. The van der Waals surface area contributed by atoms with Gasteiger partial charge < -0.3 is 16.0 Å². The van der Waals surface area contributed by atoms with E-state index in [4.69, 9.17) is 5.73 Å². The number of hydrogen-bond donors (Lipinski definition) is 3. The number of nitrogens with two attached hydrogens (primary N) is 1. The molecule has 2 rings (SSSR count). The summed E-state index contributed by atoms with van der Waals surface area (Å²) in [5.74, 6) is 1.89. The Morgan fingerprint density at radius 3 is 3.06 bits per heavy atom. The van der Waals surface area contributed by atoms with Crippen molar-refractivity contribution in [2.75, 3.05) is 18.4 Å². The van der Waals surface area contributed by atoms with Crippen LogP contribution in [0.2, 0.25) is 0 Å². The van der Waals surface area contributed by atoms with Crippen molar-refractivity contribution in [2.24, 2.45) is 5.73 Å². The second-order valence-corrected chi connectivity index (χ2v) is 3.88. The molecule has 1 aliphatic rings. The summed E-state index contributed by atoms with van der Waals surface area (Å²) >= 11 is 0. The van der Waals surface area contributed by atoms with Crippen LogP contribution in [0.4, 0.5) is 5.82 Å².